The highest BCUT2D eigenvalue weighted by atomic mass is 16.5. The second-order valence-electron chi connectivity index (χ2n) is 3.88. The van der Waals surface area contributed by atoms with Crippen LogP contribution in [0.3, 0.4) is 0 Å². The number of aromatic nitrogens is 2. The zero-order valence-electron chi connectivity index (χ0n) is 9.48. The zero-order valence-corrected chi connectivity index (χ0v) is 9.48. The number of nitrogens with one attached hydrogen (secondary N) is 1. The molecule has 5 heteroatoms. The van der Waals surface area contributed by atoms with E-state index >= 15 is 0 Å². The molecule has 0 unspecified atom stereocenters. The lowest BCUT2D eigenvalue weighted by atomic mass is 10.1. The SMILES string of the molecule is CCOC(=O)c1ccn(C2CCNCC2)n1. The molecular weight excluding hydrogens is 206 g/mol. The molecule has 0 amide bonds. The first-order valence-electron chi connectivity index (χ1n) is 5.74. The number of ether oxygens (including phenoxy) is 1. The zero-order chi connectivity index (χ0) is 11.4. The van der Waals surface area contributed by atoms with Crippen molar-refractivity contribution in [2.45, 2.75) is 25.8 Å². The van der Waals surface area contributed by atoms with E-state index in [-0.39, 0.29) is 5.97 Å². The van der Waals surface area contributed by atoms with Crippen molar-refractivity contribution in [2.24, 2.45) is 0 Å². The summed E-state index contributed by atoms with van der Waals surface area (Å²) in [5, 5.41) is 7.57. The number of piperidine rings is 1. The third-order valence-corrected chi connectivity index (χ3v) is 2.78. The smallest absolute Gasteiger partial charge is 0.358 e. The van der Waals surface area contributed by atoms with E-state index in [2.05, 4.69) is 10.4 Å². The number of rotatable bonds is 3. The van der Waals surface area contributed by atoms with Crippen LogP contribution in [0.15, 0.2) is 12.3 Å². The van der Waals surface area contributed by atoms with E-state index in [4.69, 9.17) is 4.74 Å². The van der Waals surface area contributed by atoms with Gasteiger partial charge in [0.15, 0.2) is 5.69 Å². The largest absolute Gasteiger partial charge is 0.461 e. The fourth-order valence-electron chi connectivity index (χ4n) is 1.93. The topological polar surface area (TPSA) is 56.1 Å². The van der Waals surface area contributed by atoms with Crippen molar-refractivity contribution < 1.29 is 9.53 Å². The Labute approximate surface area is 94.8 Å². The molecule has 0 aliphatic carbocycles. The van der Waals surface area contributed by atoms with Crippen molar-refractivity contribution in [3.8, 4) is 0 Å². The summed E-state index contributed by atoms with van der Waals surface area (Å²) in [4.78, 5) is 11.4. The Kier molecular flexibility index (Phi) is 3.56. The number of nitrogens with zero attached hydrogens (tertiary/aromatic N) is 2. The van der Waals surface area contributed by atoms with Crippen LogP contribution in [0.2, 0.25) is 0 Å². The molecule has 1 saturated heterocycles. The molecule has 1 N–H and O–H groups in total. The van der Waals surface area contributed by atoms with Crippen LogP contribution in [0.5, 0.6) is 0 Å². The third-order valence-electron chi connectivity index (χ3n) is 2.78. The van der Waals surface area contributed by atoms with Crippen LogP contribution in [0, 0.1) is 0 Å². The summed E-state index contributed by atoms with van der Waals surface area (Å²) in [6.45, 7) is 4.21. The first kappa shape index (κ1) is 11.1. The molecule has 88 valence electrons. The molecule has 0 atom stereocenters. The van der Waals surface area contributed by atoms with Gasteiger partial charge in [-0.05, 0) is 38.9 Å². The van der Waals surface area contributed by atoms with Crippen molar-refractivity contribution >= 4 is 5.97 Å². The molecule has 1 fully saturated rings. The first-order valence-corrected chi connectivity index (χ1v) is 5.74. The van der Waals surface area contributed by atoms with Gasteiger partial charge in [0.05, 0.1) is 12.6 Å². The first-order chi connectivity index (χ1) is 7.81. The average molecular weight is 223 g/mol. The predicted octanol–water partition coefficient (Wildman–Crippen LogP) is 0.984. The molecule has 0 radical (unpaired) electrons. The van der Waals surface area contributed by atoms with Crippen LogP contribution in [0.25, 0.3) is 0 Å². The Morgan fingerprint density at radius 1 is 1.62 bits per heavy atom. The Bertz CT molecular complexity index is 356. The van der Waals surface area contributed by atoms with E-state index in [1.165, 1.54) is 0 Å². The quantitative estimate of drug-likeness (QED) is 0.776. The minimum absolute atomic E-state index is 0.338. The van der Waals surface area contributed by atoms with Gasteiger partial charge in [-0.15, -0.1) is 0 Å². The fourth-order valence-corrected chi connectivity index (χ4v) is 1.93. The molecule has 0 aromatic carbocycles. The molecular formula is C11H17N3O2. The summed E-state index contributed by atoms with van der Waals surface area (Å²) < 4.78 is 6.78. The normalized spacial score (nSPS) is 17.3. The summed E-state index contributed by atoms with van der Waals surface area (Å²) in [5.74, 6) is -0.338. The molecule has 2 heterocycles. The maximum atomic E-state index is 11.4. The van der Waals surface area contributed by atoms with Gasteiger partial charge in [0, 0.05) is 6.20 Å². The number of carbonyl (C=O) groups excluding carboxylic acids is 1. The van der Waals surface area contributed by atoms with Crippen LogP contribution in [-0.4, -0.2) is 35.4 Å². The molecule has 1 aromatic rings. The molecule has 2 rings (SSSR count). The van der Waals surface area contributed by atoms with Crippen LogP contribution in [0.4, 0.5) is 0 Å². The van der Waals surface area contributed by atoms with E-state index in [9.17, 15) is 4.79 Å². The summed E-state index contributed by atoms with van der Waals surface area (Å²) in [5.41, 5.74) is 0.403. The molecule has 1 aliphatic heterocycles. The van der Waals surface area contributed by atoms with Crippen molar-refractivity contribution in [3.05, 3.63) is 18.0 Å². The number of hydrogen-bond acceptors (Lipinski definition) is 4. The van der Waals surface area contributed by atoms with Gasteiger partial charge in [-0.1, -0.05) is 0 Å². The molecule has 16 heavy (non-hydrogen) atoms. The van der Waals surface area contributed by atoms with Crippen LogP contribution < -0.4 is 5.32 Å². The lowest BCUT2D eigenvalue weighted by molar-refractivity contribution is 0.0518. The highest BCUT2D eigenvalue weighted by Gasteiger charge is 2.17. The molecule has 5 nitrogen and oxygen atoms in total. The van der Waals surface area contributed by atoms with Crippen LogP contribution >= 0.6 is 0 Å². The molecule has 0 saturated carbocycles. The molecule has 0 bridgehead atoms. The van der Waals surface area contributed by atoms with Gasteiger partial charge in [0.1, 0.15) is 0 Å². The van der Waals surface area contributed by atoms with E-state index < -0.39 is 0 Å². The van der Waals surface area contributed by atoms with Gasteiger partial charge >= 0.3 is 5.97 Å². The van der Waals surface area contributed by atoms with Gasteiger partial charge < -0.3 is 10.1 Å². The van der Waals surface area contributed by atoms with E-state index in [1.807, 2.05) is 10.9 Å². The van der Waals surface area contributed by atoms with Crippen molar-refractivity contribution in [1.82, 2.24) is 15.1 Å². The van der Waals surface area contributed by atoms with Gasteiger partial charge in [-0.2, -0.15) is 5.10 Å². The average Bonchev–Trinajstić information content (AvgIpc) is 2.80. The summed E-state index contributed by atoms with van der Waals surface area (Å²) in [7, 11) is 0. The van der Waals surface area contributed by atoms with E-state index in [0.717, 1.165) is 25.9 Å². The Balaban J connectivity index is 2.03. The van der Waals surface area contributed by atoms with E-state index in [1.54, 1.807) is 13.0 Å². The van der Waals surface area contributed by atoms with Gasteiger partial charge in [-0.25, -0.2) is 4.79 Å². The highest BCUT2D eigenvalue weighted by molar-refractivity contribution is 5.86. The molecule has 1 aliphatic rings. The van der Waals surface area contributed by atoms with Gasteiger partial charge in [0.25, 0.3) is 0 Å². The molecule has 1 aromatic heterocycles. The lowest BCUT2D eigenvalue weighted by Gasteiger charge is -2.22. The van der Waals surface area contributed by atoms with Crippen LogP contribution in [-0.2, 0) is 4.74 Å². The van der Waals surface area contributed by atoms with E-state index in [0.29, 0.717) is 18.3 Å². The Morgan fingerprint density at radius 3 is 3.06 bits per heavy atom. The Morgan fingerprint density at radius 2 is 2.38 bits per heavy atom. The predicted molar refractivity (Wildman–Crippen MR) is 59.3 cm³/mol. The van der Waals surface area contributed by atoms with Crippen molar-refractivity contribution in [3.63, 3.8) is 0 Å². The minimum Gasteiger partial charge on any atom is -0.461 e. The Hall–Kier alpha value is -1.36. The summed E-state index contributed by atoms with van der Waals surface area (Å²) >= 11 is 0. The summed E-state index contributed by atoms with van der Waals surface area (Å²) in [6, 6.07) is 2.13. The maximum absolute atomic E-state index is 11.4. The minimum atomic E-state index is -0.338. The van der Waals surface area contributed by atoms with Crippen molar-refractivity contribution in [1.29, 1.82) is 0 Å². The molecule has 0 spiro atoms. The number of hydrogen-bond donors (Lipinski definition) is 1. The summed E-state index contributed by atoms with van der Waals surface area (Å²) in [6.07, 6.45) is 3.98. The third kappa shape index (κ3) is 2.41. The van der Waals surface area contributed by atoms with Gasteiger partial charge in [-0.3, -0.25) is 4.68 Å². The van der Waals surface area contributed by atoms with Gasteiger partial charge in [0.2, 0.25) is 0 Å². The second-order valence-corrected chi connectivity index (χ2v) is 3.88. The lowest BCUT2D eigenvalue weighted by Crippen LogP contribution is -2.29. The highest BCUT2D eigenvalue weighted by Crippen LogP contribution is 2.17. The second kappa shape index (κ2) is 5.12. The maximum Gasteiger partial charge on any atom is 0.358 e. The number of carbonyl (C=O) groups is 1. The fraction of sp³-hybridized carbons (Fsp3) is 0.636. The van der Waals surface area contributed by atoms with Crippen molar-refractivity contribution in [2.75, 3.05) is 19.7 Å². The monoisotopic (exact) mass is 223 g/mol. The standard InChI is InChI=1S/C11H17N3O2/c1-2-16-11(15)10-5-8-14(13-10)9-3-6-12-7-4-9/h5,8-9,12H,2-4,6-7H2,1H3. The number of esters is 1. The van der Waals surface area contributed by atoms with Crippen LogP contribution in [0.1, 0.15) is 36.3 Å².